The molecule has 0 aliphatic carbocycles. The van der Waals surface area contributed by atoms with Crippen LogP contribution in [0.15, 0.2) is 72.9 Å². The molecule has 0 bridgehead atoms. The number of hydrogen-bond acceptors (Lipinski definition) is 3. The summed E-state index contributed by atoms with van der Waals surface area (Å²) in [6.07, 6.45) is 90.7. The zero-order valence-electron chi connectivity index (χ0n) is 48.4. The summed E-state index contributed by atoms with van der Waals surface area (Å²) in [6.45, 7) is 4.27. The fourth-order valence-corrected chi connectivity index (χ4v) is 9.90. The summed E-state index contributed by atoms with van der Waals surface area (Å²) < 4.78 is 0. The van der Waals surface area contributed by atoms with Crippen LogP contribution in [0.2, 0.25) is 0 Å². The van der Waals surface area contributed by atoms with E-state index in [1.54, 1.807) is 0 Å². The van der Waals surface area contributed by atoms with Gasteiger partial charge in [0.15, 0.2) is 0 Å². The minimum atomic E-state index is -0.664. The fraction of sp³-hybridized carbons (Fsp3) is 0.809. The Labute approximate surface area is 450 Å². The highest BCUT2D eigenvalue weighted by molar-refractivity contribution is 5.76. The van der Waals surface area contributed by atoms with Crippen molar-refractivity contribution in [3.8, 4) is 0 Å². The molecule has 0 heterocycles. The molecule has 0 rings (SSSR count). The van der Waals surface area contributed by atoms with Gasteiger partial charge in [0.2, 0.25) is 5.91 Å². The number of carbonyl (C=O) groups is 1. The molecule has 0 aromatic carbocycles. The van der Waals surface area contributed by atoms with Crippen LogP contribution in [0.25, 0.3) is 0 Å². The van der Waals surface area contributed by atoms with E-state index in [1.807, 2.05) is 0 Å². The molecule has 0 saturated carbocycles. The number of allylic oxidation sites excluding steroid dienone is 12. The van der Waals surface area contributed by atoms with E-state index < -0.39 is 12.1 Å². The molecule has 0 radical (unpaired) electrons. The summed E-state index contributed by atoms with van der Waals surface area (Å²) in [7, 11) is 0. The zero-order chi connectivity index (χ0) is 52.0. The molecular weight excluding hydrogens is 879 g/mol. The highest BCUT2D eigenvalue weighted by Gasteiger charge is 2.20. The van der Waals surface area contributed by atoms with Gasteiger partial charge in [0.1, 0.15) is 0 Å². The SMILES string of the molecule is CC/C=C\C/C=C\C/C=C\C/C=C\C/C=C\C/C=C\CCCCCCCCCCCCCCCCC(=O)NC(CO)C(O)CCCCCCCCCCCCCCCCCCCCCCCCCCCCC. The van der Waals surface area contributed by atoms with Gasteiger partial charge in [-0.05, 0) is 64.2 Å². The topological polar surface area (TPSA) is 69.6 Å². The van der Waals surface area contributed by atoms with Crippen LogP contribution in [0.1, 0.15) is 335 Å². The molecule has 1 amide bonds. The van der Waals surface area contributed by atoms with Crippen molar-refractivity contribution in [1.82, 2.24) is 5.32 Å². The second kappa shape index (κ2) is 63.1. The molecule has 0 aliphatic rings. The standard InChI is InChI=1S/C68H125NO3/c1-3-5-7-9-11-13-15-17-19-21-23-25-27-29-31-32-33-34-35-36-38-40-42-44-46-48-50-52-54-56-58-60-62-64-68(72)69-66(65-70)67(71)63-61-59-57-55-53-51-49-47-45-43-41-39-37-30-28-26-24-22-20-18-16-14-12-10-8-6-4-2/h5,7,11,13,17,19,23,25,29,31,33-34,66-67,70-71H,3-4,6,8-10,12,14-16,18,20-22,24,26-28,30,32,35-65H2,1-2H3,(H,69,72)/b7-5-,13-11-,19-17-,25-23-,31-29-,34-33-. The molecule has 0 aliphatic heterocycles. The molecule has 0 saturated heterocycles. The van der Waals surface area contributed by atoms with Gasteiger partial charge in [0.05, 0.1) is 18.8 Å². The zero-order valence-corrected chi connectivity index (χ0v) is 48.4. The predicted octanol–water partition coefficient (Wildman–Crippen LogP) is 21.7. The molecular formula is C68H125NO3. The van der Waals surface area contributed by atoms with Crippen molar-refractivity contribution in [1.29, 1.82) is 0 Å². The Morgan fingerprint density at radius 1 is 0.347 bits per heavy atom. The summed E-state index contributed by atoms with van der Waals surface area (Å²) in [5.74, 6) is -0.0294. The summed E-state index contributed by atoms with van der Waals surface area (Å²) in [4.78, 5) is 12.5. The minimum Gasteiger partial charge on any atom is -0.394 e. The maximum Gasteiger partial charge on any atom is 0.220 e. The van der Waals surface area contributed by atoms with Gasteiger partial charge in [-0.25, -0.2) is 0 Å². The molecule has 72 heavy (non-hydrogen) atoms. The second-order valence-corrected chi connectivity index (χ2v) is 21.8. The van der Waals surface area contributed by atoms with Crippen molar-refractivity contribution in [2.75, 3.05) is 6.61 Å². The van der Waals surface area contributed by atoms with E-state index in [9.17, 15) is 15.0 Å². The van der Waals surface area contributed by atoms with Gasteiger partial charge >= 0.3 is 0 Å². The second-order valence-electron chi connectivity index (χ2n) is 21.8. The lowest BCUT2D eigenvalue weighted by atomic mass is 10.0. The smallest absolute Gasteiger partial charge is 0.220 e. The lowest BCUT2D eigenvalue weighted by Gasteiger charge is -2.22. The largest absolute Gasteiger partial charge is 0.394 e. The lowest BCUT2D eigenvalue weighted by molar-refractivity contribution is -0.123. The van der Waals surface area contributed by atoms with E-state index in [0.717, 1.165) is 64.2 Å². The van der Waals surface area contributed by atoms with Crippen LogP contribution in [-0.2, 0) is 4.79 Å². The molecule has 0 fully saturated rings. The first-order valence-electron chi connectivity index (χ1n) is 32.1. The molecule has 3 N–H and O–H groups in total. The first-order chi connectivity index (χ1) is 35.7. The van der Waals surface area contributed by atoms with E-state index in [0.29, 0.717) is 12.8 Å². The maximum atomic E-state index is 12.5. The van der Waals surface area contributed by atoms with Crippen molar-refractivity contribution in [3.63, 3.8) is 0 Å². The molecule has 0 aromatic heterocycles. The van der Waals surface area contributed by atoms with Crippen molar-refractivity contribution >= 4 is 5.91 Å². The van der Waals surface area contributed by atoms with Crippen molar-refractivity contribution in [3.05, 3.63) is 72.9 Å². The van der Waals surface area contributed by atoms with Crippen molar-refractivity contribution in [2.24, 2.45) is 0 Å². The normalized spacial score (nSPS) is 13.2. The number of rotatable bonds is 59. The lowest BCUT2D eigenvalue weighted by Crippen LogP contribution is -2.45. The van der Waals surface area contributed by atoms with E-state index in [-0.39, 0.29) is 12.5 Å². The third kappa shape index (κ3) is 58.7. The van der Waals surface area contributed by atoms with Gasteiger partial charge in [0, 0.05) is 6.42 Å². The van der Waals surface area contributed by atoms with Crippen LogP contribution < -0.4 is 5.32 Å². The Morgan fingerprint density at radius 2 is 0.611 bits per heavy atom. The van der Waals surface area contributed by atoms with Crippen molar-refractivity contribution < 1.29 is 15.0 Å². The van der Waals surface area contributed by atoms with Crippen LogP contribution in [-0.4, -0.2) is 34.9 Å². The summed E-state index contributed by atoms with van der Waals surface area (Å²) in [6, 6.07) is -0.541. The average Bonchev–Trinajstić information content (AvgIpc) is 3.39. The van der Waals surface area contributed by atoms with Crippen LogP contribution in [0.3, 0.4) is 0 Å². The van der Waals surface area contributed by atoms with Gasteiger partial charge < -0.3 is 15.5 Å². The number of hydrogen-bond donors (Lipinski definition) is 3. The van der Waals surface area contributed by atoms with Gasteiger partial charge in [-0.2, -0.15) is 0 Å². The monoisotopic (exact) mass is 1000 g/mol. The number of carbonyl (C=O) groups excluding carboxylic acids is 1. The van der Waals surface area contributed by atoms with Crippen molar-refractivity contribution in [2.45, 2.75) is 347 Å². The minimum absolute atomic E-state index is 0.0294. The van der Waals surface area contributed by atoms with Gasteiger partial charge in [0.25, 0.3) is 0 Å². The predicted molar refractivity (Wildman–Crippen MR) is 322 cm³/mol. The maximum absolute atomic E-state index is 12.5. The first kappa shape index (κ1) is 69.8. The highest BCUT2D eigenvalue weighted by Crippen LogP contribution is 2.18. The van der Waals surface area contributed by atoms with E-state index in [1.165, 1.54) is 244 Å². The van der Waals surface area contributed by atoms with E-state index in [4.69, 9.17) is 0 Å². The number of nitrogens with one attached hydrogen (secondary N) is 1. The Bertz CT molecular complexity index is 1230. The average molecular weight is 1000 g/mol. The van der Waals surface area contributed by atoms with Gasteiger partial charge in [-0.15, -0.1) is 0 Å². The molecule has 420 valence electrons. The van der Waals surface area contributed by atoms with Crippen LogP contribution in [0, 0.1) is 0 Å². The van der Waals surface area contributed by atoms with Crippen LogP contribution in [0.5, 0.6) is 0 Å². The Kier molecular flexibility index (Phi) is 61.2. The summed E-state index contributed by atoms with van der Waals surface area (Å²) in [5.41, 5.74) is 0. The third-order valence-electron chi connectivity index (χ3n) is 14.7. The Hall–Kier alpha value is -2.17. The molecule has 0 spiro atoms. The van der Waals surface area contributed by atoms with Crippen LogP contribution in [0.4, 0.5) is 0 Å². The van der Waals surface area contributed by atoms with Gasteiger partial charge in [-0.1, -0.05) is 337 Å². The first-order valence-corrected chi connectivity index (χ1v) is 32.1. The van der Waals surface area contributed by atoms with E-state index >= 15 is 0 Å². The third-order valence-corrected chi connectivity index (χ3v) is 14.7. The summed E-state index contributed by atoms with van der Waals surface area (Å²) >= 11 is 0. The summed E-state index contributed by atoms with van der Waals surface area (Å²) in [5, 5.41) is 23.4. The fourth-order valence-electron chi connectivity index (χ4n) is 9.90. The molecule has 2 atom stereocenters. The number of unbranched alkanes of at least 4 members (excludes halogenated alkanes) is 40. The number of amides is 1. The highest BCUT2D eigenvalue weighted by atomic mass is 16.3. The number of aliphatic hydroxyl groups excluding tert-OH is 2. The Morgan fingerprint density at radius 3 is 0.917 bits per heavy atom. The Balaban J connectivity index is 3.46. The van der Waals surface area contributed by atoms with E-state index in [2.05, 4.69) is 92.1 Å². The molecule has 4 heteroatoms. The number of aliphatic hydroxyl groups is 2. The van der Waals surface area contributed by atoms with Crippen LogP contribution >= 0.6 is 0 Å². The van der Waals surface area contributed by atoms with Gasteiger partial charge in [-0.3, -0.25) is 4.79 Å². The molecule has 2 unspecified atom stereocenters. The molecule has 4 nitrogen and oxygen atoms in total. The molecule has 0 aromatic rings. The quantitative estimate of drug-likeness (QED) is 0.0420.